The molecule has 1 N–H and O–H groups in total. The normalized spacial score (nSPS) is 11.9. The Morgan fingerprint density at radius 1 is 1.36 bits per heavy atom. The molecule has 1 nitrogen and oxygen atoms in total. The van der Waals surface area contributed by atoms with Gasteiger partial charge in [-0.1, -0.05) is 25.8 Å². The molecule has 2 heteroatoms. The molecule has 0 spiro atoms. The van der Waals surface area contributed by atoms with Crippen molar-refractivity contribution in [2.24, 2.45) is 0 Å². The minimum Gasteiger partial charge on any atom is -0.307 e. The number of rotatable bonds is 6. The monoisotopic (exact) mass is 211 g/mol. The van der Waals surface area contributed by atoms with Gasteiger partial charge in [-0.05, 0) is 38.3 Å². The summed E-state index contributed by atoms with van der Waals surface area (Å²) in [7, 11) is 0. The molecule has 0 fully saturated rings. The van der Waals surface area contributed by atoms with E-state index < -0.39 is 0 Å². The zero-order valence-corrected chi connectivity index (χ0v) is 10.3. The van der Waals surface area contributed by atoms with E-state index in [9.17, 15) is 0 Å². The predicted octanol–water partition coefficient (Wildman–Crippen LogP) is 3.76. The van der Waals surface area contributed by atoms with Gasteiger partial charge in [-0.15, -0.1) is 11.3 Å². The van der Waals surface area contributed by atoms with Crippen LogP contribution in [0, 0.1) is 0 Å². The van der Waals surface area contributed by atoms with Gasteiger partial charge in [0.25, 0.3) is 0 Å². The molecule has 0 saturated carbocycles. The lowest BCUT2D eigenvalue weighted by Crippen LogP contribution is -2.36. The molecule has 0 unspecified atom stereocenters. The molecule has 0 aliphatic carbocycles. The summed E-state index contributed by atoms with van der Waals surface area (Å²) >= 11 is 1.83. The number of hydrogen-bond acceptors (Lipinski definition) is 2. The van der Waals surface area contributed by atoms with Gasteiger partial charge in [-0.25, -0.2) is 0 Å². The zero-order valence-electron chi connectivity index (χ0n) is 9.47. The third kappa shape index (κ3) is 3.43. The quantitative estimate of drug-likeness (QED) is 0.706. The van der Waals surface area contributed by atoms with Crippen LogP contribution in [-0.4, -0.2) is 6.54 Å². The summed E-state index contributed by atoms with van der Waals surface area (Å²) in [5.41, 5.74) is 0.141. The molecule has 1 heterocycles. The van der Waals surface area contributed by atoms with Crippen LogP contribution in [-0.2, 0) is 5.54 Å². The van der Waals surface area contributed by atoms with Gasteiger partial charge < -0.3 is 5.32 Å². The van der Waals surface area contributed by atoms with Crippen LogP contribution in [0.1, 0.15) is 44.9 Å². The van der Waals surface area contributed by atoms with Crippen molar-refractivity contribution in [2.45, 2.75) is 45.6 Å². The Bertz CT molecular complexity index is 239. The Hall–Kier alpha value is -0.340. The van der Waals surface area contributed by atoms with E-state index in [0.717, 1.165) is 6.54 Å². The van der Waals surface area contributed by atoms with Crippen LogP contribution in [0.5, 0.6) is 0 Å². The average molecular weight is 211 g/mol. The van der Waals surface area contributed by atoms with Gasteiger partial charge in [0.05, 0.1) is 0 Å². The minimum absolute atomic E-state index is 0.141. The average Bonchev–Trinajstić information content (AvgIpc) is 2.65. The molecule has 0 aromatic carbocycles. The van der Waals surface area contributed by atoms with Crippen LogP contribution in [0.3, 0.4) is 0 Å². The van der Waals surface area contributed by atoms with Gasteiger partial charge in [-0.2, -0.15) is 0 Å². The van der Waals surface area contributed by atoms with E-state index in [0.29, 0.717) is 0 Å². The van der Waals surface area contributed by atoms with E-state index in [1.165, 1.54) is 24.1 Å². The van der Waals surface area contributed by atoms with Crippen LogP contribution in [0.4, 0.5) is 0 Å². The summed E-state index contributed by atoms with van der Waals surface area (Å²) in [5, 5.41) is 5.75. The maximum absolute atomic E-state index is 3.61. The van der Waals surface area contributed by atoms with Crippen LogP contribution < -0.4 is 5.32 Å². The Morgan fingerprint density at radius 2 is 2.14 bits per heavy atom. The summed E-state index contributed by atoms with van der Waals surface area (Å²) in [6.45, 7) is 7.87. The van der Waals surface area contributed by atoms with Crippen molar-refractivity contribution < 1.29 is 0 Å². The number of hydrogen-bond donors (Lipinski definition) is 1. The fourth-order valence-electron chi connectivity index (χ4n) is 1.50. The summed E-state index contributed by atoms with van der Waals surface area (Å²) < 4.78 is 0. The lowest BCUT2D eigenvalue weighted by Gasteiger charge is -2.25. The van der Waals surface area contributed by atoms with E-state index in [4.69, 9.17) is 0 Å². The van der Waals surface area contributed by atoms with Crippen LogP contribution >= 0.6 is 11.3 Å². The van der Waals surface area contributed by atoms with Crippen LogP contribution in [0.15, 0.2) is 17.5 Å². The van der Waals surface area contributed by atoms with Crippen molar-refractivity contribution in [3.05, 3.63) is 22.4 Å². The number of nitrogens with one attached hydrogen (secondary N) is 1. The smallest absolute Gasteiger partial charge is 0.0471 e. The Labute approximate surface area is 91.5 Å². The van der Waals surface area contributed by atoms with Gasteiger partial charge in [0.15, 0.2) is 0 Å². The maximum atomic E-state index is 3.61. The molecule has 0 amide bonds. The summed E-state index contributed by atoms with van der Waals surface area (Å²) in [6.07, 6.45) is 3.90. The standard InChI is InChI=1S/C12H21NS/c1-4-5-6-9-13-12(2,3)11-8-7-10-14-11/h7-8,10,13H,4-6,9H2,1-3H3. The largest absolute Gasteiger partial charge is 0.307 e. The fraction of sp³-hybridized carbons (Fsp3) is 0.667. The lowest BCUT2D eigenvalue weighted by atomic mass is 10.0. The molecule has 0 saturated heterocycles. The third-order valence-corrected chi connectivity index (χ3v) is 3.68. The van der Waals surface area contributed by atoms with Gasteiger partial charge in [0, 0.05) is 10.4 Å². The first-order valence-electron chi connectivity index (χ1n) is 5.46. The molecular formula is C12H21NS. The highest BCUT2D eigenvalue weighted by molar-refractivity contribution is 7.10. The molecule has 0 aliphatic rings. The third-order valence-electron chi connectivity index (χ3n) is 2.48. The molecule has 1 aromatic rings. The minimum atomic E-state index is 0.141. The number of unbranched alkanes of at least 4 members (excludes halogenated alkanes) is 2. The molecule has 0 atom stereocenters. The second-order valence-electron chi connectivity index (χ2n) is 4.24. The van der Waals surface area contributed by atoms with Gasteiger partial charge in [0.1, 0.15) is 0 Å². The molecule has 80 valence electrons. The highest BCUT2D eigenvalue weighted by atomic mass is 32.1. The topological polar surface area (TPSA) is 12.0 Å². The Balaban J connectivity index is 2.35. The molecule has 0 radical (unpaired) electrons. The van der Waals surface area contributed by atoms with Gasteiger partial charge >= 0.3 is 0 Å². The SMILES string of the molecule is CCCCCNC(C)(C)c1cccs1. The van der Waals surface area contributed by atoms with Gasteiger partial charge in [-0.3, -0.25) is 0 Å². The maximum Gasteiger partial charge on any atom is 0.0471 e. The molecule has 1 rings (SSSR count). The predicted molar refractivity (Wildman–Crippen MR) is 64.9 cm³/mol. The zero-order chi connectivity index (χ0) is 10.4. The second-order valence-corrected chi connectivity index (χ2v) is 5.18. The first-order chi connectivity index (χ1) is 6.67. The van der Waals surface area contributed by atoms with E-state index in [1.54, 1.807) is 0 Å². The second kappa shape index (κ2) is 5.52. The van der Waals surface area contributed by atoms with E-state index in [1.807, 2.05) is 11.3 Å². The Morgan fingerprint density at radius 3 is 2.71 bits per heavy atom. The van der Waals surface area contributed by atoms with Crippen molar-refractivity contribution in [1.29, 1.82) is 0 Å². The molecular weight excluding hydrogens is 190 g/mol. The van der Waals surface area contributed by atoms with Crippen molar-refractivity contribution in [3.63, 3.8) is 0 Å². The van der Waals surface area contributed by atoms with Crippen molar-refractivity contribution >= 4 is 11.3 Å². The van der Waals surface area contributed by atoms with Crippen molar-refractivity contribution in [1.82, 2.24) is 5.32 Å². The Kier molecular flexibility index (Phi) is 4.63. The highest BCUT2D eigenvalue weighted by Gasteiger charge is 2.19. The molecule has 14 heavy (non-hydrogen) atoms. The summed E-state index contributed by atoms with van der Waals surface area (Å²) in [6, 6.07) is 4.33. The first-order valence-corrected chi connectivity index (χ1v) is 6.34. The molecule has 0 bridgehead atoms. The molecule has 0 aliphatic heterocycles. The van der Waals surface area contributed by atoms with Crippen LogP contribution in [0.25, 0.3) is 0 Å². The van der Waals surface area contributed by atoms with Crippen molar-refractivity contribution in [2.75, 3.05) is 6.54 Å². The van der Waals surface area contributed by atoms with E-state index >= 15 is 0 Å². The molecule has 1 aromatic heterocycles. The highest BCUT2D eigenvalue weighted by Crippen LogP contribution is 2.24. The first kappa shape index (κ1) is 11.7. The van der Waals surface area contributed by atoms with E-state index in [-0.39, 0.29) is 5.54 Å². The fourth-order valence-corrected chi connectivity index (χ4v) is 2.32. The van der Waals surface area contributed by atoms with Crippen molar-refractivity contribution in [3.8, 4) is 0 Å². The van der Waals surface area contributed by atoms with Crippen LogP contribution in [0.2, 0.25) is 0 Å². The van der Waals surface area contributed by atoms with E-state index in [2.05, 4.69) is 43.6 Å². The lowest BCUT2D eigenvalue weighted by molar-refractivity contribution is 0.404. The number of thiophene rings is 1. The van der Waals surface area contributed by atoms with Gasteiger partial charge in [0.2, 0.25) is 0 Å². The summed E-state index contributed by atoms with van der Waals surface area (Å²) in [5.74, 6) is 0. The summed E-state index contributed by atoms with van der Waals surface area (Å²) in [4.78, 5) is 1.42.